The molecule has 0 heterocycles. The molecule has 0 amide bonds. The second kappa shape index (κ2) is 12.5. The van der Waals surface area contributed by atoms with Crippen LogP contribution in [0.4, 0.5) is 0 Å². The van der Waals surface area contributed by atoms with Gasteiger partial charge in [0.25, 0.3) is 0 Å². The first-order valence-corrected chi connectivity index (χ1v) is 8.22. The van der Waals surface area contributed by atoms with Crippen molar-refractivity contribution in [3.05, 3.63) is 54.6 Å². The molecule has 0 aromatic heterocycles. The van der Waals surface area contributed by atoms with Gasteiger partial charge >= 0.3 is 0 Å². The van der Waals surface area contributed by atoms with Crippen LogP contribution < -0.4 is 16.0 Å². The van der Waals surface area contributed by atoms with Gasteiger partial charge in [0.1, 0.15) is 5.75 Å². The van der Waals surface area contributed by atoms with Crippen molar-refractivity contribution in [2.45, 2.75) is 39.0 Å². The molecule has 2 aromatic carbocycles. The van der Waals surface area contributed by atoms with Crippen LogP contribution in [0.3, 0.4) is 0 Å². The standard InChI is InChI=1S/C12H10O2.C7H18N2/c13-11-8-4-5-9-12(11)14-10-6-2-1-3-7-10;1-2-3-4-5-6-7-9-8/h1-9,13H;9H,2-8H2,1H3. The highest BCUT2D eigenvalue weighted by Crippen LogP contribution is 2.29. The molecule has 23 heavy (non-hydrogen) atoms. The van der Waals surface area contributed by atoms with Crippen molar-refractivity contribution >= 4 is 0 Å². The van der Waals surface area contributed by atoms with E-state index < -0.39 is 0 Å². The molecule has 0 radical (unpaired) electrons. The van der Waals surface area contributed by atoms with E-state index in [1.807, 2.05) is 36.4 Å². The monoisotopic (exact) mass is 316 g/mol. The number of hydrogen-bond acceptors (Lipinski definition) is 4. The van der Waals surface area contributed by atoms with E-state index in [1.165, 1.54) is 32.1 Å². The van der Waals surface area contributed by atoms with Gasteiger partial charge in [-0.15, -0.1) is 0 Å². The molecule has 0 unspecified atom stereocenters. The summed E-state index contributed by atoms with van der Waals surface area (Å²) >= 11 is 0. The van der Waals surface area contributed by atoms with Gasteiger partial charge in [-0.05, 0) is 30.7 Å². The Morgan fingerprint density at radius 1 is 0.913 bits per heavy atom. The second-order valence-electron chi connectivity index (χ2n) is 5.25. The number of hydrazine groups is 1. The molecular weight excluding hydrogens is 288 g/mol. The smallest absolute Gasteiger partial charge is 0.169 e. The Bertz CT molecular complexity index is 512. The average Bonchev–Trinajstić information content (AvgIpc) is 2.59. The highest BCUT2D eigenvalue weighted by Gasteiger charge is 2.00. The molecule has 2 aromatic rings. The normalized spacial score (nSPS) is 9.83. The van der Waals surface area contributed by atoms with E-state index in [9.17, 15) is 5.11 Å². The van der Waals surface area contributed by atoms with E-state index in [0.29, 0.717) is 11.5 Å². The summed E-state index contributed by atoms with van der Waals surface area (Å²) in [5.74, 6) is 6.43. The van der Waals surface area contributed by atoms with Gasteiger partial charge in [-0.25, -0.2) is 0 Å². The lowest BCUT2D eigenvalue weighted by Gasteiger charge is -2.06. The zero-order valence-corrected chi connectivity index (χ0v) is 13.9. The number of unbranched alkanes of at least 4 members (excludes halogenated alkanes) is 4. The highest BCUT2D eigenvalue weighted by atomic mass is 16.5. The van der Waals surface area contributed by atoms with Crippen molar-refractivity contribution in [3.8, 4) is 17.2 Å². The van der Waals surface area contributed by atoms with Gasteiger partial charge in [0.05, 0.1) is 0 Å². The van der Waals surface area contributed by atoms with E-state index >= 15 is 0 Å². The molecule has 2 rings (SSSR count). The van der Waals surface area contributed by atoms with E-state index in [1.54, 1.807) is 18.2 Å². The van der Waals surface area contributed by atoms with Crippen LogP contribution in [-0.2, 0) is 0 Å². The summed E-state index contributed by atoms with van der Waals surface area (Å²) in [5.41, 5.74) is 2.64. The number of aromatic hydroxyl groups is 1. The summed E-state index contributed by atoms with van der Waals surface area (Å²) in [6.45, 7) is 3.19. The minimum atomic E-state index is 0.149. The van der Waals surface area contributed by atoms with Crippen molar-refractivity contribution in [2.75, 3.05) is 6.54 Å². The number of rotatable bonds is 8. The van der Waals surface area contributed by atoms with E-state index in [0.717, 1.165) is 6.54 Å². The zero-order valence-electron chi connectivity index (χ0n) is 13.9. The number of phenols is 1. The fraction of sp³-hybridized carbons (Fsp3) is 0.368. The summed E-state index contributed by atoms with van der Waals surface area (Å²) in [5, 5.41) is 9.45. The maximum atomic E-state index is 9.45. The van der Waals surface area contributed by atoms with E-state index in [2.05, 4.69) is 12.3 Å². The summed E-state index contributed by atoms with van der Waals surface area (Å²) in [6, 6.07) is 16.3. The molecule has 0 spiro atoms. The maximum Gasteiger partial charge on any atom is 0.169 e. The largest absolute Gasteiger partial charge is 0.504 e. The highest BCUT2D eigenvalue weighted by molar-refractivity contribution is 5.41. The van der Waals surface area contributed by atoms with Crippen LogP contribution in [0.5, 0.6) is 17.2 Å². The first-order valence-electron chi connectivity index (χ1n) is 8.22. The van der Waals surface area contributed by atoms with Gasteiger partial charge in [-0.2, -0.15) is 0 Å². The number of phenolic OH excluding ortho intramolecular Hbond substituents is 1. The SMILES string of the molecule is CCCCCCCNN.Oc1ccccc1Oc1ccccc1. The fourth-order valence-corrected chi connectivity index (χ4v) is 1.99. The number of benzene rings is 2. The van der Waals surface area contributed by atoms with Gasteiger partial charge in [0.2, 0.25) is 0 Å². The number of nitrogens with one attached hydrogen (secondary N) is 1. The number of ether oxygens (including phenoxy) is 1. The third kappa shape index (κ3) is 8.86. The Labute approximate surface area is 139 Å². The molecule has 126 valence electrons. The van der Waals surface area contributed by atoms with Gasteiger partial charge in [-0.1, -0.05) is 62.9 Å². The minimum Gasteiger partial charge on any atom is -0.504 e. The minimum absolute atomic E-state index is 0.149. The number of hydrogen-bond donors (Lipinski definition) is 3. The van der Waals surface area contributed by atoms with Gasteiger partial charge in [-0.3, -0.25) is 11.3 Å². The Kier molecular flexibility index (Phi) is 10.3. The molecule has 0 aliphatic rings. The Morgan fingerprint density at radius 2 is 1.57 bits per heavy atom. The van der Waals surface area contributed by atoms with E-state index in [4.69, 9.17) is 10.6 Å². The molecule has 4 heteroatoms. The first kappa shape index (κ1) is 19.0. The Balaban J connectivity index is 0.000000257. The molecular formula is C19H28N2O2. The second-order valence-corrected chi connectivity index (χ2v) is 5.25. The summed E-state index contributed by atoms with van der Waals surface area (Å²) in [4.78, 5) is 0. The van der Waals surface area contributed by atoms with Crippen LogP contribution in [0.25, 0.3) is 0 Å². The Morgan fingerprint density at radius 3 is 2.22 bits per heavy atom. The molecule has 0 saturated heterocycles. The molecule has 0 bridgehead atoms. The van der Waals surface area contributed by atoms with Crippen molar-refractivity contribution in [3.63, 3.8) is 0 Å². The van der Waals surface area contributed by atoms with Gasteiger partial charge in [0, 0.05) is 6.54 Å². The van der Waals surface area contributed by atoms with Crippen LogP contribution in [0.2, 0.25) is 0 Å². The molecule has 4 N–H and O–H groups in total. The predicted octanol–water partition coefficient (Wildman–Crippen LogP) is 4.60. The predicted molar refractivity (Wildman–Crippen MR) is 95.6 cm³/mol. The third-order valence-electron chi connectivity index (χ3n) is 3.26. The van der Waals surface area contributed by atoms with E-state index in [-0.39, 0.29) is 5.75 Å². The molecule has 0 aliphatic heterocycles. The summed E-state index contributed by atoms with van der Waals surface area (Å²) in [6.07, 6.45) is 6.58. The summed E-state index contributed by atoms with van der Waals surface area (Å²) < 4.78 is 5.46. The van der Waals surface area contributed by atoms with Gasteiger partial charge in [0.15, 0.2) is 11.5 Å². The quantitative estimate of drug-likeness (QED) is 0.378. The number of para-hydroxylation sites is 3. The van der Waals surface area contributed by atoms with Crippen LogP contribution in [0.1, 0.15) is 39.0 Å². The number of nitrogens with two attached hydrogens (primary N) is 1. The van der Waals surface area contributed by atoms with Crippen molar-refractivity contribution < 1.29 is 9.84 Å². The van der Waals surface area contributed by atoms with Crippen LogP contribution in [0.15, 0.2) is 54.6 Å². The van der Waals surface area contributed by atoms with Crippen LogP contribution in [-0.4, -0.2) is 11.7 Å². The summed E-state index contributed by atoms with van der Waals surface area (Å²) in [7, 11) is 0. The topological polar surface area (TPSA) is 67.5 Å². The Hall–Kier alpha value is -2.04. The van der Waals surface area contributed by atoms with Gasteiger partial charge < -0.3 is 9.84 Å². The molecule has 0 saturated carbocycles. The maximum absolute atomic E-state index is 9.45. The third-order valence-corrected chi connectivity index (χ3v) is 3.26. The van der Waals surface area contributed by atoms with Crippen LogP contribution >= 0.6 is 0 Å². The first-order chi connectivity index (χ1) is 11.3. The van der Waals surface area contributed by atoms with Crippen molar-refractivity contribution in [1.29, 1.82) is 0 Å². The lowest BCUT2D eigenvalue weighted by atomic mass is 10.2. The van der Waals surface area contributed by atoms with Crippen molar-refractivity contribution in [2.24, 2.45) is 5.84 Å². The molecule has 0 aliphatic carbocycles. The molecule has 0 atom stereocenters. The fourth-order valence-electron chi connectivity index (χ4n) is 1.99. The molecule has 0 fully saturated rings. The van der Waals surface area contributed by atoms with Crippen molar-refractivity contribution in [1.82, 2.24) is 5.43 Å². The molecule has 4 nitrogen and oxygen atoms in total. The van der Waals surface area contributed by atoms with Crippen LogP contribution in [0, 0.1) is 0 Å². The lowest BCUT2D eigenvalue weighted by Crippen LogP contribution is -2.22. The lowest BCUT2D eigenvalue weighted by molar-refractivity contribution is 0.411. The zero-order chi connectivity index (χ0) is 16.8. The average molecular weight is 316 g/mol.